The lowest BCUT2D eigenvalue weighted by molar-refractivity contribution is -0.00538. The van der Waals surface area contributed by atoms with Crippen LogP contribution in [0.4, 0.5) is 13.2 Å². The molecule has 0 saturated carbocycles. The monoisotopic (exact) mass is 374 g/mol. The van der Waals surface area contributed by atoms with Gasteiger partial charge in [0.05, 0.1) is 12.7 Å². The Morgan fingerprint density at radius 1 is 1.04 bits per heavy atom. The number of rotatable bonds is 5. The van der Waals surface area contributed by atoms with Crippen LogP contribution in [0, 0.1) is 23.4 Å². The van der Waals surface area contributed by atoms with Gasteiger partial charge in [-0.1, -0.05) is 49.8 Å². The van der Waals surface area contributed by atoms with Gasteiger partial charge in [0.25, 0.3) is 0 Å². The van der Waals surface area contributed by atoms with Gasteiger partial charge in [-0.05, 0) is 43.4 Å². The van der Waals surface area contributed by atoms with Crippen molar-refractivity contribution in [2.75, 3.05) is 6.61 Å². The second-order valence-corrected chi connectivity index (χ2v) is 7.07. The fraction of sp³-hybridized carbons (Fsp3) is 0.391. The van der Waals surface area contributed by atoms with Crippen molar-refractivity contribution in [2.24, 2.45) is 5.92 Å². The first-order chi connectivity index (χ1) is 13.0. The molecule has 0 spiro atoms. The summed E-state index contributed by atoms with van der Waals surface area (Å²) in [6.45, 7) is 4.49. The van der Waals surface area contributed by atoms with Crippen LogP contribution < -0.4 is 0 Å². The topological polar surface area (TPSA) is 9.23 Å². The third-order valence-electron chi connectivity index (χ3n) is 5.11. The molecule has 1 heterocycles. The first-order valence-electron chi connectivity index (χ1n) is 9.56. The van der Waals surface area contributed by atoms with Crippen LogP contribution in [0.2, 0.25) is 0 Å². The maximum atomic E-state index is 14.7. The first-order valence-corrected chi connectivity index (χ1v) is 9.56. The summed E-state index contributed by atoms with van der Waals surface area (Å²) in [6.07, 6.45) is 6.94. The molecule has 1 aliphatic heterocycles. The summed E-state index contributed by atoms with van der Waals surface area (Å²) in [4.78, 5) is 0. The Bertz CT molecular complexity index is 821. The molecule has 0 aromatic heterocycles. The zero-order valence-electron chi connectivity index (χ0n) is 15.8. The third-order valence-corrected chi connectivity index (χ3v) is 5.11. The van der Waals surface area contributed by atoms with E-state index >= 15 is 0 Å². The molecule has 0 bridgehead atoms. The standard InChI is InChI=1S/C23H25F3O/c1-3-5-15-7-12-21(27-14-15)17-9-10-18(20(24)13-17)19-11-8-16(6-4-2)22(25)23(19)26/h3,5,8-11,13,15,21H,4,6-7,12,14H2,1-2H3/b5-3+. The molecule has 1 saturated heterocycles. The average molecular weight is 374 g/mol. The van der Waals surface area contributed by atoms with Crippen molar-refractivity contribution >= 4 is 0 Å². The Kier molecular flexibility index (Phi) is 6.38. The maximum absolute atomic E-state index is 14.7. The highest BCUT2D eigenvalue weighted by Crippen LogP contribution is 2.35. The van der Waals surface area contributed by atoms with Crippen molar-refractivity contribution in [1.82, 2.24) is 0 Å². The summed E-state index contributed by atoms with van der Waals surface area (Å²) in [7, 11) is 0. The van der Waals surface area contributed by atoms with Gasteiger partial charge in [-0.2, -0.15) is 0 Å². The zero-order chi connectivity index (χ0) is 19.4. The van der Waals surface area contributed by atoms with Crippen molar-refractivity contribution in [2.45, 2.75) is 45.6 Å². The van der Waals surface area contributed by atoms with Crippen LogP contribution in [0.5, 0.6) is 0 Å². The van der Waals surface area contributed by atoms with Gasteiger partial charge in [-0.25, -0.2) is 13.2 Å². The highest BCUT2D eigenvalue weighted by atomic mass is 19.2. The smallest absolute Gasteiger partial charge is 0.167 e. The van der Waals surface area contributed by atoms with E-state index < -0.39 is 17.5 Å². The molecule has 2 atom stereocenters. The number of hydrogen-bond acceptors (Lipinski definition) is 1. The molecule has 2 unspecified atom stereocenters. The number of benzene rings is 2. The molecular formula is C23H25F3O. The number of ether oxygens (including phenoxy) is 1. The Morgan fingerprint density at radius 3 is 2.44 bits per heavy atom. The number of hydrogen-bond donors (Lipinski definition) is 0. The minimum atomic E-state index is -0.990. The molecule has 0 aliphatic carbocycles. The zero-order valence-corrected chi connectivity index (χ0v) is 15.8. The second-order valence-electron chi connectivity index (χ2n) is 7.07. The number of allylic oxidation sites excluding steroid dienone is 1. The largest absolute Gasteiger partial charge is 0.373 e. The van der Waals surface area contributed by atoms with Gasteiger partial charge in [-0.3, -0.25) is 0 Å². The van der Waals surface area contributed by atoms with E-state index in [1.165, 1.54) is 24.3 Å². The fourth-order valence-corrected chi connectivity index (χ4v) is 3.67. The van der Waals surface area contributed by atoms with Crippen LogP contribution in [-0.4, -0.2) is 6.61 Å². The molecule has 2 aromatic rings. The molecule has 1 aliphatic rings. The average Bonchev–Trinajstić information content (AvgIpc) is 2.67. The Balaban J connectivity index is 1.83. The van der Waals surface area contributed by atoms with E-state index in [0.717, 1.165) is 24.8 Å². The summed E-state index contributed by atoms with van der Waals surface area (Å²) in [5.41, 5.74) is 1.08. The van der Waals surface area contributed by atoms with Crippen molar-refractivity contribution in [3.05, 3.63) is 71.1 Å². The predicted octanol–water partition coefficient (Wildman–Crippen LogP) is 6.77. The maximum Gasteiger partial charge on any atom is 0.167 e. The molecule has 0 radical (unpaired) electrons. The van der Waals surface area contributed by atoms with Gasteiger partial charge in [0.15, 0.2) is 11.6 Å². The van der Waals surface area contributed by atoms with Gasteiger partial charge in [0.2, 0.25) is 0 Å². The summed E-state index contributed by atoms with van der Waals surface area (Å²) < 4.78 is 49.2. The lowest BCUT2D eigenvalue weighted by Gasteiger charge is -2.28. The highest BCUT2D eigenvalue weighted by Gasteiger charge is 2.23. The minimum absolute atomic E-state index is 0.0471. The fourth-order valence-electron chi connectivity index (χ4n) is 3.67. The summed E-state index contributed by atoms with van der Waals surface area (Å²) in [5, 5.41) is 0. The van der Waals surface area contributed by atoms with E-state index in [9.17, 15) is 13.2 Å². The highest BCUT2D eigenvalue weighted by molar-refractivity contribution is 5.66. The van der Waals surface area contributed by atoms with Crippen molar-refractivity contribution in [3.8, 4) is 11.1 Å². The first kappa shape index (κ1) is 19.7. The van der Waals surface area contributed by atoms with E-state index in [0.29, 0.717) is 24.5 Å². The van der Waals surface area contributed by atoms with E-state index in [4.69, 9.17) is 4.74 Å². The molecule has 1 fully saturated rings. The molecule has 1 nitrogen and oxygen atoms in total. The van der Waals surface area contributed by atoms with Crippen LogP contribution in [0.1, 0.15) is 50.3 Å². The molecule has 0 N–H and O–H groups in total. The van der Waals surface area contributed by atoms with E-state index in [1.807, 2.05) is 19.9 Å². The van der Waals surface area contributed by atoms with Gasteiger partial charge in [0, 0.05) is 17.0 Å². The third kappa shape index (κ3) is 4.27. The molecule has 27 heavy (non-hydrogen) atoms. The van der Waals surface area contributed by atoms with E-state index in [1.54, 1.807) is 6.07 Å². The Labute approximate surface area is 158 Å². The normalized spacial score (nSPS) is 20.3. The molecule has 144 valence electrons. The van der Waals surface area contributed by atoms with Gasteiger partial charge < -0.3 is 4.74 Å². The SMILES string of the molecule is C/C=C/C1CCC(c2ccc(-c3ccc(CCC)c(F)c3F)c(F)c2)OC1. The quantitative estimate of drug-likeness (QED) is 0.525. The molecular weight excluding hydrogens is 349 g/mol. The number of halogens is 3. The van der Waals surface area contributed by atoms with Crippen molar-refractivity contribution < 1.29 is 17.9 Å². The van der Waals surface area contributed by atoms with E-state index in [-0.39, 0.29) is 17.2 Å². The van der Waals surface area contributed by atoms with Crippen molar-refractivity contribution in [1.29, 1.82) is 0 Å². The lowest BCUT2D eigenvalue weighted by Crippen LogP contribution is -2.19. The minimum Gasteiger partial charge on any atom is -0.373 e. The van der Waals surface area contributed by atoms with Crippen LogP contribution >= 0.6 is 0 Å². The van der Waals surface area contributed by atoms with Crippen LogP contribution in [-0.2, 0) is 11.2 Å². The van der Waals surface area contributed by atoms with E-state index in [2.05, 4.69) is 6.08 Å². The summed E-state index contributed by atoms with van der Waals surface area (Å²) in [5.74, 6) is -2.04. The Morgan fingerprint density at radius 2 is 1.81 bits per heavy atom. The van der Waals surface area contributed by atoms with Crippen LogP contribution in [0.25, 0.3) is 11.1 Å². The molecule has 3 rings (SSSR count). The second kappa shape index (κ2) is 8.75. The molecule has 4 heteroatoms. The van der Waals surface area contributed by atoms with Gasteiger partial charge in [0.1, 0.15) is 5.82 Å². The van der Waals surface area contributed by atoms with Gasteiger partial charge in [-0.15, -0.1) is 0 Å². The Hall–Kier alpha value is -2.07. The lowest BCUT2D eigenvalue weighted by atomic mass is 9.93. The summed E-state index contributed by atoms with van der Waals surface area (Å²) >= 11 is 0. The summed E-state index contributed by atoms with van der Waals surface area (Å²) in [6, 6.07) is 7.64. The van der Waals surface area contributed by atoms with Gasteiger partial charge >= 0.3 is 0 Å². The number of aryl methyl sites for hydroxylation is 1. The predicted molar refractivity (Wildman–Crippen MR) is 102 cm³/mol. The van der Waals surface area contributed by atoms with Crippen LogP contribution in [0.15, 0.2) is 42.5 Å². The van der Waals surface area contributed by atoms with Crippen molar-refractivity contribution in [3.63, 3.8) is 0 Å². The van der Waals surface area contributed by atoms with Crippen LogP contribution in [0.3, 0.4) is 0 Å². The molecule has 2 aromatic carbocycles. The molecule has 0 amide bonds.